The average Bonchev–Trinajstić information content (AvgIpc) is 2.64. The van der Waals surface area contributed by atoms with E-state index in [0.717, 1.165) is 17.0 Å². The van der Waals surface area contributed by atoms with Crippen molar-refractivity contribution in [1.29, 1.82) is 0 Å². The number of hydrogen-bond donors (Lipinski definition) is 3. The first-order chi connectivity index (χ1) is 12.9. The predicted octanol–water partition coefficient (Wildman–Crippen LogP) is 2.61. The lowest BCUT2D eigenvalue weighted by Gasteiger charge is -2.19. The van der Waals surface area contributed by atoms with E-state index in [1.807, 2.05) is 31.2 Å². The molecule has 0 fully saturated rings. The van der Waals surface area contributed by atoms with Crippen molar-refractivity contribution < 1.29 is 14.8 Å². The van der Waals surface area contributed by atoms with Gasteiger partial charge in [0.25, 0.3) is 0 Å². The zero-order valence-electron chi connectivity index (χ0n) is 14.4. The Bertz CT molecular complexity index is 937. The van der Waals surface area contributed by atoms with Gasteiger partial charge < -0.3 is 5.11 Å². The van der Waals surface area contributed by atoms with Crippen LogP contribution in [0.1, 0.15) is 24.5 Å². The fourth-order valence-corrected chi connectivity index (χ4v) is 2.67. The number of phenols is 1. The van der Waals surface area contributed by atoms with Gasteiger partial charge in [0.15, 0.2) is 5.75 Å². The highest BCUT2D eigenvalue weighted by Crippen LogP contribution is 2.25. The summed E-state index contributed by atoms with van der Waals surface area (Å²) in [6.07, 6.45) is 1.82. The van der Waals surface area contributed by atoms with Gasteiger partial charge in [0.05, 0.1) is 22.5 Å². The zero-order chi connectivity index (χ0) is 19.4. The lowest BCUT2D eigenvalue weighted by molar-refractivity contribution is -0.385. The molecule has 3 rings (SSSR count). The Morgan fingerprint density at radius 3 is 2.74 bits per heavy atom. The second-order valence-electron chi connectivity index (χ2n) is 6.09. The Balaban J connectivity index is 1.67. The number of anilines is 1. The Labute approximate surface area is 154 Å². The zero-order valence-corrected chi connectivity index (χ0v) is 14.4. The molecule has 9 nitrogen and oxygen atoms in total. The highest BCUT2D eigenvalue weighted by molar-refractivity contribution is 6.05. The summed E-state index contributed by atoms with van der Waals surface area (Å²) < 4.78 is 0. The fourth-order valence-electron chi connectivity index (χ4n) is 2.67. The van der Waals surface area contributed by atoms with Gasteiger partial charge in [-0.2, -0.15) is 10.2 Å². The van der Waals surface area contributed by atoms with Crippen LogP contribution in [0.5, 0.6) is 5.75 Å². The summed E-state index contributed by atoms with van der Waals surface area (Å²) in [5, 5.41) is 28.4. The lowest BCUT2D eigenvalue weighted by atomic mass is 9.94. The molecule has 1 heterocycles. The first kappa shape index (κ1) is 18.1. The van der Waals surface area contributed by atoms with Gasteiger partial charge in [-0.25, -0.2) is 5.43 Å². The van der Waals surface area contributed by atoms with Crippen molar-refractivity contribution in [2.75, 3.05) is 5.43 Å². The van der Waals surface area contributed by atoms with Gasteiger partial charge in [0.1, 0.15) is 0 Å². The molecule has 0 saturated heterocycles. The van der Waals surface area contributed by atoms with Gasteiger partial charge >= 0.3 is 5.69 Å². The Morgan fingerprint density at radius 1 is 1.33 bits per heavy atom. The molecule has 2 aromatic rings. The monoisotopic (exact) mass is 367 g/mol. The predicted molar refractivity (Wildman–Crippen MR) is 101 cm³/mol. The highest BCUT2D eigenvalue weighted by Gasteiger charge is 2.21. The number of nitrogens with one attached hydrogen (secondary N) is 2. The number of rotatable bonds is 5. The number of hydrazone groups is 2. The van der Waals surface area contributed by atoms with E-state index >= 15 is 0 Å². The maximum atomic E-state index is 11.3. The number of nitro benzene ring substituents is 1. The molecule has 0 spiro atoms. The fraction of sp³-hybridized carbons (Fsp3) is 0.167. The minimum absolute atomic E-state index is 0.0425. The lowest BCUT2D eigenvalue weighted by Crippen LogP contribution is -2.31. The molecule has 27 heavy (non-hydrogen) atoms. The van der Waals surface area contributed by atoms with Crippen molar-refractivity contribution in [1.82, 2.24) is 5.43 Å². The van der Waals surface area contributed by atoms with Crippen molar-refractivity contribution in [2.45, 2.75) is 13.3 Å². The Kier molecular flexibility index (Phi) is 5.11. The second kappa shape index (κ2) is 7.65. The molecule has 3 N–H and O–H groups in total. The van der Waals surface area contributed by atoms with E-state index in [0.29, 0.717) is 12.0 Å². The van der Waals surface area contributed by atoms with Crippen LogP contribution in [0.25, 0.3) is 0 Å². The molecule has 1 aliphatic rings. The second-order valence-corrected chi connectivity index (χ2v) is 6.09. The van der Waals surface area contributed by atoms with E-state index in [2.05, 4.69) is 21.1 Å². The maximum Gasteiger partial charge on any atom is 0.311 e. The molecule has 1 atom stereocenters. The number of hydrogen-bond acceptors (Lipinski definition) is 7. The van der Waals surface area contributed by atoms with Gasteiger partial charge in [-0.15, -0.1) is 0 Å². The first-order valence-electron chi connectivity index (χ1n) is 8.17. The van der Waals surface area contributed by atoms with Crippen LogP contribution in [-0.4, -0.2) is 27.9 Å². The highest BCUT2D eigenvalue weighted by atomic mass is 16.6. The minimum Gasteiger partial charge on any atom is -0.502 e. The van der Waals surface area contributed by atoms with Crippen LogP contribution in [0.15, 0.2) is 52.7 Å². The van der Waals surface area contributed by atoms with Gasteiger partial charge in [-0.3, -0.25) is 20.3 Å². The van der Waals surface area contributed by atoms with Crippen LogP contribution < -0.4 is 10.9 Å². The van der Waals surface area contributed by atoms with E-state index in [9.17, 15) is 20.0 Å². The number of nitro groups is 1. The Morgan fingerprint density at radius 2 is 2.07 bits per heavy atom. The van der Waals surface area contributed by atoms with Gasteiger partial charge in [0, 0.05) is 24.0 Å². The SMILES string of the molecule is CC1CC(=O)NN=C1c1ccc(N/N=C/c2ccc(O)c([N+](=O)[O-])c2)cc1. The van der Waals surface area contributed by atoms with Gasteiger partial charge in [-0.05, 0) is 29.8 Å². The van der Waals surface area contributed by atoms with Crippen LogP contribution in [0.3, 0.4) is 0 Å². The molecule has 0 aromatic heterocycles. The average molecular weight is 367 g/mol. The first-order valence-corrected chi connectivity index (χ1v) is 8.17. The Hall–Kier alpha value is -3.75. The van der Waals surface area contributed by atoms with Crippen LogP contribution in [-0.2, 0) is 4.79 Å². The van der Waals surface area contributed by atoms with E-state index < -0.39 is 10.7 Å². The molecule has 9 heteroatoms. The van der Waals surface area contributed by atoms with Crippen LogP contribution in [0, 0.1) is 16.0 Å². The molecule has 0 radical (unpaired) electrons. The number of carbonyl (C=O) groups excluding carboxylic acids is 1. The van der Waals surface area contributed by atoms with E-state index in [-0.39, 0.29) is 17.5 Å². The molecule has 1 amide bonds. The molecular weight excluding hydrogens is 350 g/mol. The smallest absolute Gasteiger partial charge is 0.311 e. The molecule has 0 saturated carbocycles. The summed E-state index contributed by atoms with van der Waals surface area (Å²) in [7, 11) is 0. The molecular formula is C18H17N5O4. The quantitative estimate of drug-likeness (QED) is 0.425. The maximum absolute atomic E-state index is 11.3. The van der Waals surface area contributed by atoms with Crippen molar-refractivity contribution >= 4 is 29.2 Å². The molecule has 1 unspecified atom stereocenters. The van der Waals surface area contributed by atoms with Gasteiger partial charge in [-0.1, -0.05) is 19.1 Å². The van der Waals surface area contributed by atoms with E-state index in [4.69, 9.17) is 0 Å². The summed E-state index contributed by atoms with van der Waals surface area (Å²) >= 11 is 0. The summed E-state index contributed by atoms with van der Waals surface area (Å²) in [6, 6.07) is 11.4. The number of amides is 1. The third-order valence-electron chi connectivity index (χ3n) is 4.04. The number of benzene rings is 2. The summed E-state index contributed by atoms with van der Waals surface area (Å²) in [5.41, 5.74) is 7.87. The number of nitrogens with zero attached hydrogens (tertiary/aromatic N) is 3. The van der Waals surface area contributed by atoms with E-state index in [1.54, 1.807) is 0 Å². The van der Waals surface area contributed by atoms with Crippen molar-refractivity contribution in [3.63, 3.8) is 0 Å². The summed E-state index contributed by atoms with van der Waals surface area (Å²) in [4.78, 5) is 21.5. The molecule has 2 aromatic carbocycles. The van der Waals surface area contributed by atoms with Crippen LogP contribution >= 0.6 is 0 Å². The molecule has 1 aliphatic heterocycles. The normalized spacial score (nSPS) is 16.7. The van der Waals surface area contributed by atoms with Crippen LogP contribution in [0.2, 0.25) is 0 Å². The largest absolute Gasteiger partial charge is 0.502 e. The molecule has 0 bridgehead atoms. The number of aromatic hydroxyl groups is 1. The third-order valence-corrected chi connectivity index (χ3v) is 4.04. The molecule has 0 aliphatic carbocycles. The number of phenolic OH excluding ortho intramolecular Hbond substituents is 1. The van der Waals surface area contributed by atoms with Crippen molar-refractivity contribution in [3.8, 4) is 5.75 Å². The molecule has 138 valence electrons. The topological polar surface area (TPSA) is 129 Å². The minimum atomic E-state index is -0.657. The summed E-state index contributed by atoms with van der Waals surface area (Å²) in [5.74, 6) is -0.439. The number of carbonyl (C=O) groups is 1. The van der Waals surface area contributed by atoms with E-state index in [1.165, 1.54) is 24.4 Å². The standard InChI is InChI=1S/C18H17N5O4/c1-11-8-17(25)21-22-18(11)13-3-5-14(6-4-13)20-19-10-12-2-7-16(24)15(9-12)23(26)27/h2-7,9-11,20,24H,8H2,1H3,(H,21,25)/b19-10+. The van der Waals surface area contributed by atoms with Crippen molar-refractivity contribution in [2.24, 2.45) is 16.1 Å². The van der Waals surface area contributed by atoms with Crippen molar-refractivity contribution in [3.05, 3.63) is 63.7 Å². The van der Waals surface area contributed by atoms with Gasteiger partial charge in [0.2, 0.25) is 5.91 Å². The third kappa shape index (κ3) is 4.27. The summed E-state index contributed by atoms with van der Waals surface area (Å²) in [6.45, 7) is 1.95. The van der Waals surface area contributed by atoms with Crippen LogP contribution in [0.4, 0.5) is 11.4 Å².